The van der Waals surface area contributed by atoms with Crippen molar-refractivity contribution < 1.29 is 37.9 Å². The highest BCUT2D eigenvalue weighted by Gasteiger charge is 2.22. The van der Waals surface area contributed by atoms with Crippen LogP contribution in [-0.2, 0) is 28.2 Å². The van der Waals surface area contributed by atoms with Crippen molar-refractivity contribution in [2.24, 2.45) is 11.8 Å². The van der Waals surface area contributed by atoms with E-state index in [9.17, 15) is 14.2 Å². The molecule has 0 spiro atoms. The van der Waals surface area contributed by atoms with Crippen molar-refractivity contribution in [1.82, 2.24) is 0 Å². The quantitative estimate of drug-likeness (QED) is 0.0439. The largest absolute Gasteiger partial charge is 0.469 e. The summed E-state index contributed by atoms with van der Waals surface area (Å²) < 4.78 is 26.2. The average Bonchev–Trinajstić information content (AvgIpc) is 2.93. The minimum absolute atomic E-state index is 0.217. The van der Waals surface area contributed by atoms with Gasteiger partial charge in [0.05, 0.1) is 6.61 Å². The van der Waals surface area contributed by atoms with E-state index in [0.29, 0.717) is 6.42 Å². The van der Waals surface area contributed by atoms with Crippen molar-refractivity contribution in [1.29, 1.82) is 0 Å². The molecule has 8 nitrogen and oxygen atoms in total. The Labute approximate surface area is 264 Å². The van der Waals surface area contributed by atoms with Gasteiger partial charge in [0, 0.05) is 12.8 Å². The van der Waals surface area contributed by atoms with Gasteiger partial charge in [0.1, 0.15) is 6.61 Å². The van der Waals surface area contributed by atoms with E-state index in [-0.39, 0.29) is 19.4 Å². The number of carbonyl (C=O) groups is 2. The number of rotatable bonds is 31. The summed E-state index contributed by atoms with van der Waals surface area (Å²) in [6.45, 7) is 8.24. The van der Waals surface area contributed by atoms with Crippen LogP contribution in [0.3, 0.4) is 0 Å². The van der Waals surface area contributed by atoms with E-state index in [1.54, 1.807) is 0 Å². The predicted molar refractivity (Wildman–Crippen MR) is 175 cm³/mol. The highest BCUT2D eigenvalue weighted by Crippen LogP contribution is 2.36. The molecule has 0 saturated carbocycles. The third kappa shape index (κ3) is 33.8. The maximum atomic E-state index is 12.3. The molecular weight excluding hydrogens is 567 g/mol. The van der Waals surface area contributed by atoms with Crippen LogP contribution >= 0.6 is 7.82 Å². The molecule has 0 radical (unpaired) electrons. The zero-order valence-corrected chi connectivity index (χ0v) is 29.1. The molecule has 0 aromatic rings. The number of phosphoric ester groups is 1. The molecule has 0 aliphatic heterocycles. The van der Waals surface area contributed by atoms with Gasteiger partial charge < -0.3 is 19.3 Å². The van der Waals surface area contributed by atoms with Crippen LogP contribution in [-0.4, -0.2) is 41.0 Å². The van der Waals surface area contributed by atoms with Crippen molar-refractivity contribution >= 4 is 19.8 Å². The smallest absolute Gasteiger partial charge is 0.462 e. The van der Waals surface area contributed by atoms with Crippen molar-refractivity contribution in [2.75, 3.05) is 13.2 Å². The first-order chi connectivity index (χ1) is 20.5. The van der Waals surface area contributed by atoms with Crippen LogP contribution in [0.5, 0.6) is 0 Å². The van der Waals surface area contributed by atoms with Crippen LogP contribution in [0, 0.1) is 11.8 Å². The molecule has 0 fully saturated rings. The fourth-order valence-electron chi connectivity index (χ4n) is 5.09. The Balaban J connectivity index is 3.94. The van der Waals surface area contributed by atoms with Crippen molar-refractivity contribution in [3.8, 4) is 0 Å². The molecule has 256 valence electrons. The van der Waals surface area contributed by atoms with Gasteiger partial charge in [0.25, 0.3) is 0 Å². The highest BCUT2D eigenvalue weighted by atomic mass is 31.2. The Morgan fingerprint density at radius 2 is 0.884 bits per heavy atom. The maximum Gasteiger partial charge on any atom is 0.469 e. The number of ether oxygens (including phenoxy) is 2. The maximum absolute atomic E-state index is 12.3. The lowest BCUT2D eigenvalue weighted by Crippen LogP contribution is -2.29. The third-order valence-corrected chi connectivity index (χ3v) is 8.22. The van der Waals surface area contributed by atoms with E-state index in [4.69, 9.17) is 19.3 Å². The van der Waals surface area contributed by atoms with Gasteiger partial charge >= 0.3 is 19.8 Å². The van der Waals surface area contributed by atoms with Gasteiger partial charge in [-0.1, -0.05) is 150 Å². The van der Waals surface area contributed by atoms with Crippen molar-refractivity contribution in [2.45, 2.75) is 181 Å². The molecule has 2 N–H and O–H groups in total. The number of esters is 2. The van der Waals surface area contributed by atoms with Gasteiger partial charge in [-0.3, -0.25) is 14.1 Å². The van der Waals surface area contributed by atoms with E-state index in [2.05, 4.69) is 32.2 Å². The van der Waals surface area contributed by atoms with Gasteiger partial charge in [-0.15, -0.1) is 0 Å². The first-order valence-corrected chi connectivity index (χ1v) is 19.1. The first-order valence-electron chi connectivity index (χ1n) is 17.5. The Bertz CT molecular complexity index is 707. The number of unbranched alkanes of at least 4 members (excludes halogenated alkanes) is 17. The zero-order valence-electron chi connectivity index (χ0n) is 28.2. The molecule has 43 heavy (non-hydrogen) atoms. The molecule has 1 atom stereocenters. The molecule has 0 amide bonds. The minimum Gasteiger partial charge on any atom is -0.462 e. The second-order valence-corrected chi connectivity index (χ2v) is 14.4. The molecule has 0 saturated heterocycles. The molecule has 0 aromatic carbocycles. The van der Waals surface area contributed by atoms with E-state index in [0.717, 1.165) is 50.4 Å². The van der Waals surface area contributed by atoms with Gasteiger partial charge in [0.2, 0.25) is 0 Å². The van der Waals surface area contributed by atoms with Gasteiger partial charge in [0.15, 0.2) is 6.10 Å². The molecule has 0 unspecified atom stereocenters. The van der Waals surface area contributed by atoms with E-state index in [1.165, 1.54) is 89.9 Å². The summed E-state index contributed by atoms with van der Waals surface area (Å²) in [5.74, 6) is 0.681. The molecular formula is C34H67O8P. The van der Waals surface area contributed by atoms with Crippen molar-refractivity contribution in [3.63, 3.8) is 0 Å². The lowest BCUT2D eigenvalue weighted by atomic mass is 10.0. The Morgan fingerprint density at radius 3 is 1.26 bits per heavy atom. The summed E-state index contributed by atoms with van der Waals surface area (Å²) >= 11 is 0. The van der Waals surface area contributed by atoms with Crippen LogP contribution < -0.4 is 0 Å². The molecule has 0 aliphatic rings. The highest BCUT2D eigenvalue weighted by molar-refractivity contribution is 7.46. The van der Waals surface area contributed by atoms with Gasteiger partial charge in [-0.2, -0.15) is 0 Å². The first kappa shape index (κ1) is 42.0. The Hall–Kier alpha value is -0.950. The number of hydrogen-bond acceptors (Lipinski definition) is 6. The lowest BCUT2D eigenvalue weighted by Gasteiger charge is -2.18. The Morgan fingerprint density at radius 1 is 0.535 bits per heavy atom. The average molecular weight is 635 g/mol. The molecule has 0 aromatic heterocycles. The standard InChI is InChI=1S/C34H67O8P/c1-30(2)24-20-16-12-10-8-6-5-7-9-11-13-19-23-27-34(36)42-32(29-41-43(37,38)39)28-40-33(35)26-22-18-15-14-17-21-25-31(3)4/h30-32H,5-29H2,1-4H3,(H2,37,38,39)/t32-/m1/s1. The van der Waals surface area contributed by atoms with Crippen LogP contribution in [0.15, 0.2) is 0 Å². The normalized spacial score (nSPS) is 12.7. The number of carbonyl (C=O) groups excluding carboxylic acids is 2. The van der Waals surface area contributed by atoms with Crippen LogP contribution in [0.1, 0.15) is 175 Å². The lowest BCUT2D eigenvalue weighted by molar-refractivity contribution is -0.161. The minimum atomic E-state index is -4.74. The summed E-state index contributed by atoms with van der Waals surface area (Å²) in [5.41, 5.74) is 0. The molecule has 9 heteroatoms. The van der Waals surface area contributed by atoms with Crippen molar-refractivity contribution in [3.05, 3.63) is 0 Å². The topological polar surface area (TPSA) is 119 Å². The van der Waals surface area contributed by atoms with E-state index >= 15 is 0 Å². The molecule has 0 heterocycles. The summed E-state index contributed by atoms with van der Waals surface area (Å²) in [4.78, 5) is 42.5. The van der Waals surface area contributed by atoms with E-state index in [1.807, 2.05) is 0 Å². The predicted octanol–water partition coefficient (Wildman–Crippen LogP) is 9.83. The summed E-state index contributed by atoms with van der Waals surface area (Å²) in [7, 11) is -4.74. The summed E-state index contributed by atoms with van der Waals surface area (Å²) in [6, 6.07) is 0. The SMILES string of the molecule is CC(C)CCCCCCCCCCCCCCCC(=O)O[C@H](COC(=O)CCCCCCCCC(C)C)COP(=O)(O)O. The second-order valence-electron chi connectivity index (χ2n) is 13.2. The van der Waals surface area contributed by atoms with Gasteiger partial charge in [-0.25, -0.2) is 4.57 Å². The van der Waals surface area contributed by atoms with E-state index < -0.39 is 32.5 Å². The van der Waals surface area contributed by atoms with Crippen LogP contribution in [0.2, 0.25) is 0 Å². The zero-order chi connectivity index (χ0) is 32.2. The fourth-order valence-corrected chi connectivity index (χ4v) is 5.46. The number of phosphoric acid groups is 1. The van der Waals surface area contributed by atoms with Crippen LogP contribution in [0.25, 0.3) is 0 Å². The molecule has 0 rings (SSSR count). The summed E-state index contributed by atoms with van der Waals surface area (Å²) in [6.07, 6.45) is 24.3. The summed E-state index contributed by atoms with van der Waals surface area (Å²) in [5, 5.41) is 0. The monoisotopic (exact) mass is 634 g/mol. The second kappa shape index (κ2) is 28.5. The Kier molecular flexibility index (Phi) is 27.9. The van der Waals surface area contributed by atoms with Crippen LogP contribution in [0.4, 0.5) is 0 Å². The third-order valence-electron chi connectivity index (χ3n) is 7.73. The number of hydrogen-bond donors (Lipinski definition) is 2. The molecule has 0 aliphatic carbocycles. The fraction of sp³-hybridized carbons (Fsp3) is 0.941. The molecule has 0 bridgehead atoms. The van der Waals surface area contributed by atoms with Gasteiger partial charge in [-0.05, 0) is 24.7 Å².